The molecule has 3 aliphatic rings. The van der Waals surface area contributed by atoms with Crippen molar-refractivity contribution in [3.8, 4) is 0 Å². The summed E-state index contributed by atoms with van der Waals surface area (Å²) >= 11 is 0. The summed E-state index contributed by atoms with van der Waals surface area (Å²) in [6, 6.07) is 0. The molecule has 9 nitrogen and oxygen atoms in total. The van der Waals surface area contributed by atoms with Gasteiger partial charge in [-0.1, -0.05) is 0 Å². The predicted molar refractivity (Wildman–Crippen MR) is 64.1 cm³/mol. The van der Waals surface area contributed by atoms with Crippen LogP contribution in [0.1, 0.15) is 0 Å². The summed E-state index contributed by atoms with van der Waals surface area (Å²) in [5.74, 6) is 0. The van der Waals surface area contributed by atoms with Crippen molar-refractivity contribution in [2.75, 3.05) is 26.9 Å². The Kier molecular flexibility index (Phi) is 4.21. The van der Waals surface area contributed by atoms with Crippen molar-refractivity contribution in [3.05, 3.63) is 0 Å². The number of methoxy groups -OCH3 is 1. The van der Waals surface area contributed by atoms with Gasteiger partial charge in [-0.15, -0.1) is 0 Å². The minimum atomic E-state index is -1.27. The van der Waals surface area contributed by atoms with Crippen molar-refractivity contribution >= 4 is 0 Å². The van der Waals surface area contributed by atoms with E-state index in [1.54, 1.807) is 0 Å². The number of hydrogen-bond acceptors (Lipinski definition) is 9. The van der Waals surface area contributed by atoms with Crippen LogP contribution in [0.3, 0.4) is 0 Å². The zero-order valence-electron chi connectivity index (χ0n) is 11.5. The lowest BCUT2D eigenvalue weighted by molar-refractivity contribution is -0.255. The summed E-state index contributed by atoms with van der Waals surface area (Å²) in [6.07, 6.45) is -6.43. The van der Waals surface area contributed by atoms with Gasteiger partial charge in [0.1, 0.15) is 36.1 Å². The number of aliphatic hydroxyl groups excluding tert-OH is 3. The molecular weight excluding hydrogens is 288 g/mol. The molecule has 3 heterocycles. The molecule has 8 atom stereocenters. The van der Waals surface area contributed by atoms with Crippen LogP contribution >= 0.6 is 0 Å². The molecule has 0 aromatic heterocycles. The van der Waals surface area contributed by atoms with Crippen LogP contribution in [-0.4, -0.2) is 96.1 Å². The molecule has 0 saturated carbocycles. The van der Waals surface area contributed by atoms with Gasteiger partial charge < -0.3 is 44.1 Å². The summed E-state index contributed by atoms with van der Waals surface area (Å²) in [7, 11) is 1.45. The fraction of sp³-hybridized carbons (Fsp3) is 1.00. The Bertz CT molecular complexity index is 380. The van der Waals surface area contributed by atoms with Crippen molar-refractivity contribution in [2.45, 2.75) is 48.7 Å². The van der Waals surface area contributed by atoms with E-state index >= 15 is 0 Å². The molecular formula is C12H20O9. The van der Waals surface area contributed by atoms with Gasteiger partial charge in [-0.25, -0.2) is 0 Å². The van der Waals surface area contributed by atoms with Gasteiger partial charge in [0.05, 0.1) is 19.8 Å². The van der Waals surface area contributed by atoms with Crippen LogP contribution in [0.5, 0.6) is 0 Å². The van der Waals surface area contributed by atoms with Crippen molar-refractivity contribution in [1.29, 1.82) is 0 Å². The van der Waals surface area contributed by atoms with E-state index < -0.39 is 55.3 Å². The molecule has 9 heteroatoms. The molecule has 3 rings (SSSR count). The third-order valence-corrected chi connectivity index (χ3v) is 4.23. The Hall–Kier alpha value is -0.360. The van der Waals surface area contributed by atoms with E-state index in [9.17, 15) is 15.3 Å². The zero-order chi connectivity index (χ0) is 15.2. The van der Waals surface area contributed by atoms with E-state index in [1.165, 1.54) is 7.11 Å². The molecule has 0 aliphatic carbocycles. The fourth-order valence-corrected chi connectivity index (χ4v) is 2.84. The van der Waals surface area contributed by atoms with Crippen LogP contribution in [0.25, 0.3) is 0 Å². The van der Waals surface area contributed by atoms with Gasteiger partial charge in [-0.05, 0) is 0 Å². The highest BCUT2D eigenvalue weighted by Crippen LogP contribution is 2.41. The second kappa shape index (κ2) is 5.69. The third kappa shape index (κ3) is 2.38. The molecule has 4 N–H and O–H groups in total. The van der Waals surface area contributed by atoms with Crippen molar-refractivity contribution in [2.24, 2.45) is 0 Å². The Morgan fingerprint density at radius 1 is 1.19 bits per heavy atom. The Labute approximate surface area is 120 Å². The van der Waals surface area contributed by atoms with Crippen LogP contribution in [-0.2, 0) is 23.7 Å². The first kappa shape index (κ1) is 15.5. The lowest BCUT2D eigenvalue weighted by Gasteiger charge is -2.42. The van der Waals surface area contributed by atoms with Gasteiger partial charge in [-0.2, -0.15) is 0 Å². The highest BCUT2D eigenvalue weighted by molar-refractivity contribution is 5.08. The molecule has 0 radical (unpaired) electrons. The zero-order valence-corrected chi connectivity index (χ0v) is 11.5. The van der Waals surface area contributed by atoms with Crippen LogP contribution in [0.2, 0.25) is 0 Å². The summed E-state index contributed by atoms with van der Waals surface area (Å²) in [4.78, 5) is 0. The van der Waals surface area contributed by atoms with Crippen LogP contribution in [0.15, 0.2) is 0 Å². The second-order valence-electron chi connectivity index (χ2n) is 5.49. The van der Waals surface area contributed by atoms with Gasteiger partial charge in [0.15, 0.2) is 12.6 Å². The van der Waals surface area contributed by atoms with E-state index in [-0.39, 0.29) is 13.2 Å². The predicted octanol–water partition coefficient (Wildman–Crippen LogP) is -3.06. The first-order valence-corrected chi connectivity index (χ1v) is 6.77. The molecule has 0 aromatic carbocycles. The maximum Gasteiger partial charge on any atom is 0.186 e. The van der Waals surface area contributed by atoms with E-state index in [0.717, 1.165) is 0 Å². The Balaban J connectivity index is 1.56. The van der Waals surface area contributed by atoms with E-state index in [1.807, 2.05) is 0 Å². The minimum Gasteiger partial charge on any atom is -0.394 e. The first-order valence-electron chi connectivity index (χ1n) is 6.77. The van der Waals surface area contributed by atoms with Crippen LogP contribution in [0, 0.1) is 0 Å². The SMILES string of the molecule is CO[C@H]1O[C@H](CO[C@H]2O[C@H](CO)[C@@H](O)[C@@H]2O)[C@]2(O)CO[C@H]12. The molecule has 3 fully saturated rings. The number of fused-ring (bicyclic) bond motifs is 1. The number of aliphatic hydroxyl groups is 4. The second-order valence-corrected chi connectivity index (χ2v) is 5.49. The van der Waals surface area contributed by atoms with E-state index in [0.29, 0.717) is 0 Å². The molecule has 122 valence electrons. The summed E-state index contributed by atoms with van der Waals surface area (Å²) in [5, 5.41) is 38.8. The maximum atomic E-state index is 10.4. The van der Waals surface area contributed by atoms with E-state index in [2.05, 4.69) is 0 Å². The highest BCUT2D eigenvalue weighted by Gasteiger charge is 2.64. The third-order valence-electron chi connectivity index (χ3n) is 4.23. The van der Waals surface area contributed by atoms with Gasteiger partial charge in [-0.3, -0.25) is 0 Å². The average molecular weight is 308 g/mol. The monoisotopic (exact) mass is 308 g/mol. The molecule has 0 amide bonds. The average Bonchev–Trinajstić information content (AvgIpc) is 2.84. The molecule has 0 spiro atoms. The van der Waals surface area contributed by atoms with Crippen molar-refractivity contribution < 1.29 is 44.1 Å². The molecule has 3 aliphatic heterocycles. The van der Waals surface area contributed by atoms with Crippen LogP contribution in [0.4, 0.5) is 0 Å². The van der Waals surface area contributed by atoms with Gasteiger partial charge >= 0.3 is 0 Å². The standard InChI is InChI=1S/C12H20O9/c1-17-11-9-12(16,4-19-9)6(21-11)3-18-10-8(15)7(14)5(2-13)20-10/h5-11,13-16H,2-4H2,1H3/t5-,6-,7-,8+,9-,10+,11+,12-/m1/s1. The lowest BCUT2D eigenvalue weighted by atomic mass is 9.89. The number of rotatable bonds is 5. The van der Waals surface area contributed by atoms with Crippen molar-refractivity contribution in [1.82, 2.24) is 0 Å². The van der Waals surface area contributed by atoms with Gasteiger partial charge in [0, 0.05) is 7.11 Å². The molecule has 3 saturated heterocycles. The summed E-state index contributed by atoms with van der Waals surface area (Å²) < 4.78 is 26.4. The molecule has 0 aromatic rings. The lowest BCUT2D eigenvalue weighted by Crippen LogP contribution is -2.63. The quantitative estimate of drug-likeness (QED) is 0.418. The van der Waals surface area contributed by atoms with Gasteiger partial charge in [0.2, 0.25) is 0 Å². The Morgan fingerprint density at radius 3 is 2.43 bits per heavy atom. The van der Waals surface area contributed by atoms with E-state index in [4.69, 9.17) is 28.8 Å². The number of hydrogen-bond donors (Lipinski definition) is 4. The summed E-state index contributed by atoms with van der Waals surface area (Å²) in [6.45, 7) is -0.381. The fourth-order valence-electron chi connectivity index (χ4n) is 2.84. The smallest absolute Gasteiger partial charge is 0.186 e. The van der Waals surface area contributed by atoms with Gasteiger partial charge in [0.25, 0.3) is 0 Å². The van der Waals surface area contributed by atoms with Crippen molar-refractivity contribution in [3.63, 3.8) is 0 Å². The first-order chi connectivity index (χ1) is 10.0. The largest absolute Gasteiger partial charge is 0.394 e. The molecule has 0 unspecified atom stereocenters. The summed E-state index contributed by atoms with van der Waals surface area (Å²) in [5.41, 5.74) is -1.20. The number of ether oxygens (including phenoxy) is 5. The highest BCUT2D eigenvalue weighted by atomic mass is 16.8. The maximum absolute atomic E-state index is 10.4. The topological polar surface area (TPSA) is 127 Å². The Morgan fingerprint density at radius 2 is 1.95 bits per heavy atom. The van der Waals surface area contributed by atoms with Crippen LogP contribution < -0.4 is 0 Å². The molecule has 0 bridgehead atoms. The molecule has 21 heavy (non-hydrogen) atoms. The minimum absolute atomic E-state index is 0.0667. The normalized spacial score (nSPS) is 52.7.